The molecule has 266 valence electrons. The lowest BCUT2D eigenvalue weighted by Crippen LogP contribution is -2.06. The maximum atomic E-state index is 15.8. The summed E-state index contributed by atoms with van der Waals surface area (Å²) in [5.41, 5.74) is 11.9. The zero-order valence-corrected chi connectivity index (χ0v) is 30.7. The Kier molecular flexibility index (Phi) is 7.69. The van der Waals surface area contributed by atoms with Crippen molar-refractivity contribution in [2.75, 3.05) is 0 Å². The van der Waals surface area contributed by atoms with Crippen molar-refractivity contribution < 1.29 is 8.78 Å². The van der Waals surface area contributed by atoms with Gasteiger partial charge in [0.05, 0.1) is 39.0 Å². The van der Waals surface area contributed by atoms with Crippen LogP contribution in [0.4, 0.5) is 8.78 Å². The molecular formula is C51H33F2N3. The summed E-state index contributed by atoms with van der Waals surface area (Å²) in [6, 6.07) is 55.6. The van der Waals surface area contributed by atoms with Gasteiger partial charge in [0.1, 0.15) is 23.3 Å². The molecule has 0 aliphatic heterocycles. The largest absolute Gasteiger partial charge is 0.308 e. The molecular weight excluding hydrogens is 693 g/mol. The Morgan fingerprint density at radius 1 is 0.429 bits per heavy atom. The number of hydrogen-bond donors (Lipinski definition) is 0. The van der Waals surface area contributed by atoms with Crippen molar-refractivity contribution in [1.29, 1.82) is 5.26 Å². The molecule has 0 radical (unpaired) electrons. The fourth-order valence-electron chi connectivity index (χ4n) is 8.59. The number of aromatic nitrogens is 2. The zero-order valence-electron chi connectivity index (χ0n) is 30.7. The van der Waals surface area contributed by atoms with Crippen molar-refractivity contribution in [2.45, 2.75) is 13.8 Å². The zero-order chi connectivity index (χ0) is 38.1. The van der Waals surface area contributed by atoms with Crippen molar-refractivity contribution in [3.8, 4) is 50.8 Å². The number of fused-ring (bicyclic) bond motifs is 6. The Morgan fingerprint density at radius 2 is 0.857 bits per heavy atom. The van der Waals surface area contributed by atoms with E-state index in [2.05, 4.69) is 102 Å². The van der Waals surface area contributed by atoms with Gasteiger partial charge >= 0.3 is 0 Å². The third-order valence-electron chi connectivity index (χ3n) is 11.2. The molecule has 3 nitrogen and oxygen atoms in total. The molecule has 0 aliphatic rings. The third-order valence-corrected chi connectivity index (χ3v) is 11.2. The standard InChI is InChI=1S/C51H33F2N3/c1-31-12-3-5-14-36(31)33-22-24-47-40(26-33)38-16-7-9-20-45(38)55(47)49-28-35(51-43(52)18-11-19-44(51)53)29-50(42(49)30-54)56-46-21-10-8-17-39(46)41-27-34(23-25-48(41)56)37-15-6-4-13-32(37)2/h3-29H,1-2H3. The minimum absolute atomic E-state index is 0.148. The minimum atomic E-state index is -0.679. The van der Waals surface area contributed by atoms with Gasteiger partial charge in [0.25, 0.3) is 0 Å². The third kappa shape index (κ3) is 5.07. The van der Waals surface area contributed by atoms with E-state index in [1.165, 1.54) is 29.3 Å². The Balaban J connectivity index is 1.32. The Labute approximate surface area is 322 Å². The van der Waals surface area contributed by atoms with Gasteiger partial charge in [-0.2, -0.15) is 5.26 Å². The van der Waals surface area contributed by atoms with E-state index in [0.29, 0.717) is 22.5 Å². The fraction of sp³-hybridized carbons (Fsp3) is 0.0392. The van der Waals surface area contributed by atoms with Gasteiger partial charge in [0.2, 0.25) is 0 Å². The Hall–Kier alpha value is -7.29. The predicted molar refractivity (Wildman–Crippen MR) is 226 cm³/mol. The number of para-hydroxylation sites is 2. The summed E-state index contributed by atoms with van der Waals surface area (Å²) in [5.74, 6) is -1.36. The number of nitrogens with zero attached hydrogens (tertiary/aromatic N) is 3. The molecule has 10 rings (SSSR count). The van der Waals surface area contributed by atoms with E-state index in [-0.39, 0.29) is 5.56 Å². The maximum Gasteiger partial charge on any atom is 0.133 e. The lowest BCUT2D eigenvalue weighted by atomic mass is 9.98. The first-order valence-electron chi connectivity index (χ1n) is 18.6. The number of nitriles is 1. The molecule has 8 aromatic carbocycles. The van der Waals surface area contributed by atoms with Gasteiger partial charge in [0, 0.05) is 21.5 Å². The second-order valence-electron chi connectivity index (χ2n) is 14.4. The molecule has 10 aromatic rings. The molecule has 0 N–H and O–H groups in total. The summed E-state index contributed by atoms with van der Waals surface area (Å²) >= 11 is 0. The topological polar surface area (TPSA) is 33.6 Å². The number of benzene rings is 8. The number of halogens is 2. The fourth-order valence-corrected chi connectivity index (χ4v) is 8.59. The molecule has 0 fully saturated rings. The highest BCUT2D eigenvalue weighted by atomic mass is 19.1. The van der Waals surface area contributed by atoms with Crippen LogP contribution in [0.2, 0.25) is 0 Å². The molecule has 2 aromatic heterocycles. The maximum absolute atomic E-state index is 15.8. The summed E-state index contributed by atoms with van der Waals surface area (Å²) in [5, 5.41) is 15.3. The van der Waals surface area contributed by atoms with Gasteiger partial charge in [0.15, 0.2) is 0 Å². The van der Waals surface area contributed by atoms with E-state index in [1.54, 1.807) is 12.1 Å². The quantitative estimate of drug-likeness (QED) is 0.174. The van der Waals surface area contributed by atoms with E-state index in [9.17, 15) is 5.26 Å². The lowest BCUT2D eigenvalue weighted by molar-refractivity contribution is 0.589. The summed E-state index contributed by atoms with van der Waals surface area (Å²) in [6.07, 6.45) is 0. The van der Waals surface area contributed by atoms with Crippen LogP contribution in [0, 0.1) is 36.8 Å². The van der Waals surface area contributed by atoms with Gasteiger partial charge in [-0.25, -0.2) is 8.78 Å². The molecule has 0 aliphatic carbocycles. The normalized spacial score (nSPS) is 11.6. The summed E-state index contributed by atoms with van der Waals surface area (Å²) in [7, 11) is 0. The van der Waals surface area contributed by atoms with Gasteiger partial charge < -0.3 is 9.13 Å². The lowest BCUT2D eigenvalue weighted by Gasteiger charge is -2.19. The highest BCUT2D eigenvalue weighted by Gasteiger charge is 2.24. The summed E-state index contributed by atoms with van der Waals surface area (Å²) in [6.45, 7) is 4.21. The molecule has 0 saturated carbocycles. The van der Waals surface area contributed by atoms with Crippen LogP contribution in [0.1, 0.15) is 16.7 Å². The van der Waals surface area contributed by atoms with Gasteiger partial charge in [-0.15, -0.1) is 0 Å². The smallest absolute Gasteiger partial charge is 0.133 e. The molecule has 0 unspecified atom stereocenters. The van der Waals surface area contributed by atoms with Gasteiger partial charge in [-0.3, -0.25) is 0 Å². The average Bonchev–Trinajstić information content (AvgIpc) is 3.73. The number of hydrogen-bond acceptors (Lipinski definition) is 1. The molecule has 0 bridgehead atoms. The van der Waals surface area contributed by atoms with Crippen molar-refractivity contribution in [1.82, 2.24) is 9.13 Å². The summed E-state index contributed by atoms with van der Waals surface area (Å²) in [4.78, 5) is 0. The van der Waals surface area contributed by atoms with Crippen molar-refractivity contribution in [2.24, 2.45) is 0 Å². The number of rotatable bonds is 5. The highest BCUT2D eigenvalue weighted by Crippen LogP contribution is 2.42. The van der Waals surface area contributed by atoms with Crippen LogP contribution < -0.4 is 0 Å². The van der Waals surface area contributed by atoms with Gasteiger partial charge in [-0.05, 0) is 113 Å². The van der Waals surface area contributed by atoms with Crippen LogP contribution in [0.5, 0.6) is 0 Å². The van der Waals surface area contributed by atoms with E-state index in [4.69, 9.17) is 0 Å². The summed E-state index contributed by atoms with van der Waals surface area (Å²) < 4.78 is 35.8. The van der Waals surface area contributed by atoms with Crippen LogP contribution >= 0.6 is 0 Å². The molecule has 5 heteroatoms. The molecule has 0 amide bonds. The van der Waals surface area contributed by atoms with E-state index in [1.807, 2.05) is 60.7 Å². The Bertz CT molecular complexity index is 3060. The van der Waals surface area contributed by atoms with Crippen molar-refractivity contribution in [3.05, 3.63) is 192 Å². The van der Waals surface area contributed by atoms with E-state index >= 15 is 8.78 Å². The van der Waals surface area contributed by atoms with Crippen LogP contribution in [-0.2, 0) is 0 Å². The first-order chi connectivity index (χ1) is 27.4. The minimum Gasteiger partial charge on any atom is -0.308 e. The molecule has 0 spiro atoms. The highest BCUT2D eigenvalue weighted by molar-refractivity contribution is 6.12. The molecule has 0 saturated heterocycles. The van der Waals surface area contributed by atoms with Crippen LogP contribution in [-0.4, -0.2) is 9.13 Å². The number of aryl methyl sites for hydroxylation is 2. The second-order valence-corrected chi connectivity index (χ2v) is 14.4. The van der Waals surface area contributed by atoms with E-state index in [0.717, 1.165) is 65.9 Å². The van der Waals surface area contributed by atoms with Crippen molar-refractivity contribution in [3.63, 3.8) is 0 Å². The average molecular weight is 726 g/mol. The monoisotopic (exact) mass is 725 g/mol. The predicted octanol–water partition coefficient (Wildman–Crippen LogP) is 13.6. The van der Waals surface area contributed by atoms with Crippen LogP contribution in [0.3, 0.4) is 0 Å². The van der Waals surface area contributed by atoms with Crippen LogP contribution in [0.25, 0.3) is 88.4 Å². The van der Waals surface area contributed by atoms with E-state index < -0.39 is 11.6 Å². The molecule has 0 atom stereocenters. The Morgan fingerprint density at radius 3 is 1.32 bits per heavy atom. The first kappa shape index (κ1) is 33.3. The second kappa shape index (κ2) is 12.9. The SMILES string of the molecule is Cc1ccccc1-c1ccc2c(c1)c1ccccc1n2-c1cc(-c2c(F)cccc2F)cc(-n2c3ccccc3c3cc(-c4ccccc4C)ccc32)c1C#N. The van der Waals surface area contributed by atoms with Gasteiger partial charge in [-0.1, -0.05) is 103 Å². The van der Waals surface area contributed by atoms with Crippen LogP contribution in [0.15, 0.2) is 164 Å². The molecule has 56 heavy (non-hydrogen) atoms. The first-order valence-corrected chi connectivity index (χ1v) is 18.6. The molecule has 2 heterocycles. The van der Waals surface area contributed by atoms with Crippen molar-refractivity contribution >= 4 is 43.6 Å².